The molecule has 218 valence electrons. The number of nitrogens with one attached hydrogen (secondary N) is 1. The molecular formula is C25H30F6N2O5S. The summed E-state index contributed by atoms with van der Waals surface area (Å²) in [6, 6.07) is -0.664. The number of ether oxygens (including phenoxy) is 2. The molecule has 1 aromatic heterocycles. The van der Waals surface area contributed by atoms with Crippen molar-refractivity contribution in [1.29, 1.82) is 0 Å². The molecule has 1 atom stereocenters. The minimum Gasteiger partial charge on any atom is -0.459 e. The second kappa shape index (κ2) is 13.4. The van der Waals surface area contributed by atoms with Crippen molar-refractivity contribution in [1.82, 2.24) is 5.32 Å². The zero-order valence-electron chi connectivity index (χ0n) is 21.8. The van der Waals surface area contributed by atoms with Crippen LogP contribution in [0.1, 0.15) is 66.8 Å². The summed E-state index contributed by atoms with van der Waals surface area (Å²) in [4.78, 5) is 38.1. The van der Waals surface area contributed by atoms with E-state index in [1.807, 2.05) is 13.8 Å². The van der Waals surface area contributed by atoms with E-state index in [-0.39, 0.29) is 36.0 Å². The van der Waals surface area contributed by atoms with E-state index in [1.54, 1.807) is 6.08 Å². The molecule has 0 bridgehead atoms. The minimum absolute atomic E-state index is 0.0858. The Morgan fingerprint density at radius 2 is 1.85 bits per heavy atom. The molecule has 7 nitrogen and oxygen atoms in total. The summed E-state index contributed by atoms with van der Waals surface area (Å²) in [5.41, 5.74) is 0.937. The molecule has 1 aromatic rings. The maximum Gasteiger partial charge on any atom is 0.573 e. The van der Waals surface area contributed by atoms with Gasteiger partial charge in [0.2, 0.25) is 0 Å². The van der Waals surface area contributed by atoms with Crippen LogP contribution in [0.4, 0.5) is 36.1 Å². The smallest absolute Gasteiger partial charge is 0.459 e. The van der Waals surface area contributed by atoms with Gasteiger partial charge in [0, 0.05) is 24.4 Å². The van der Waals surface area contributed by atoms with Gasteiger partial charge in [-0.05, 0) is 56.2 Å². The van der Waals surface area contributed by atoms with Gasteiger partial charge in [-0.2, -0.15) is 13.2 Å². The number of esters is 1. The fraction of sp³-hybridized carbons (Fsp3) is 0.560. The van der Waals surface area contributed by atoms with Crippen LogP contribution in [0.3, 0.4) is 0 Å². The topological polar surface area (TPSA) is 84.9 Å². The number of anilines is 1. The average Bonchev–Trinajstić information content (AvgIpc) is 3.20. The van der Waals surface area contributed by atoms with E-state index >= 15 is 0 Å². The van der Waals surface area contributed by atoms with E-state index in [0.717, 1.165) is 11.3 Å². The van der Waals surface area contributed by atoms with Crippen molar-refractivity contribution < 1.29 is 50.2 Å². The first-order valence-corrected chi connectivity index (χ1v) is 12.9. The molecule has 1 N–H and O–H groups in total. The molecule has 1 aliphatic rings. The molecule has 0 fully saturated rings. The molecule has 14 heteroatoms. The fourth-order valence-corrected chi connectivity index (χ4v) is 5.25. The van der Waals surface area contributed by atoms with Crippen molar-refractivity contribution in [2.24, 2.45) is 5.92 Å². The van der Waals surface area contributed by atoms with Crippen molar-refractivity contribution in [3.63, 3.8) is 0 Å². The van der Waals surface area contributed by atoms with Crippen LogP contribution in [-0.4, -0.2) is 50.5 Å². The van der Waals surface area contributed by atoms with Crippen LogP contribution in [0, 0.1) is 5.92 Å². The van der Waals surface area contributed by atoms with E-state index in [4.69, 9.17) is 0 Å². The molecule has 0 saturated carbocycles. The van der Waals surface area contributed by atoms with E-state index in [0.29, 0.717) is 34.7 Å². The average molecular weight is 585 g/mol. The second-order valence-corrected chi connectivity index (χ2v) is 10.3. The van der Waals surface area contributed by atoms with Gasteiger partial charge in [-0.25, -0.2) is 9.59 Å². The number of amides is 2. The molecule has 0 aromatic carbocycles. The highest BCUT2D eigenvalue weighted by Gasteiger charge is 2.40. The number of urea groups is 1. The lowest BCUT2D eigenvalue weighted by Gasteiger charge is -2.19. The molecule has 39 heavy (non-hydrogen) atoms. The van der Waals surface area contributed by atoms with Crippen LogP contribution < -0.4 is 10.2 Å². The number of carbonyl (C=O) groups excluding carboxylic acids is 3. The third-order valence-electron chi connectivity index (χ3n) is 5.62. The van der Waals surface area contributed by atoms with Crippen LogP contribution >= 0.6 is 11.3 Å². The number of thiophene rings is 1. The van der Waals surface area contributed by atoms with Crippen LogP contribution in [0.5, 0.6) is 0 Å². The first kappa shape index (κ1) is 32.2. The standard InChI is InChI=1S/C25H30F6N2O5S/c1-14(2)9-10-18-19(15(3)34)21(33(4)23(36)32-11-6-12-37-22(35)24(26,27)28)39-20(18)16-7-5-8-17(13-16)38-25(29,30)31/h5,8,13-14,16H,6-7,9-12H2,1-4H3,(H,32,36). The number of rotatable bonds is 11. The van der Waals surface area contributed by atoms with Crippen LogP contribution in [0.15, 0.2) is 24.0 Å². The van der Waals surface area contributed by atoms with Crippen LogP contribution in [0.2, 0.25) is 0 Å². The Morgan fingerprint density at radius 3 is 2.41 bits per heavy atom. The molecule has 0 saturated heterocycles. The first-order valence-electron chi connectivity index (χ1n) is 12.1. The van der Waals surface area contributed by atoms with Crippen molar-refractivity contribution in [3.8, 4) is 0 Å². The summed E-state index contributed by atoms with van der Waals surface area (Å²) in [5, 5.41) is 2.78. The number of halogens is 6. The lowest BCUT2D eigenvalue weighted by Crippen LogP contribution is -2.38. The number of Topliss-reactive ketones (excluding diaryl/α,β-unsaturated/α-hetero) is 1. The molecule has 1 unspecified atom stereocenters. The molecule has 0 radical (unpaired) electrons. The largest absolute Gasteiger partial charge is 0.573 e. The van der Waals surface area contributed by atoms with Crippen LogP contribution in [0.25, 0.3) is 0 Å². The molecule has 1 heterocycles. The summed E-state index contributed by atoms with van der Waals surface area (Å²) in [5.74, 6) is -3.28. The number of hydrogen-bond acceptors (Lipinski definition) is 6. The molecule has 0 aliphatic heterocycles. The third kappa shape index (κ3) is 9.59. The van der Waals surface area contributed by atoms with E-state index in [9.17, 15) is 40.7 Å². The van der Waals surface area contributed by atoms with Gasteiger partial charge in [-0.3, -0.25) is 9.69 Å². The minimum atomic E-state index is -5.11. The number of ketones is 1. The van der Waals surface area contributed by atoms with Crippen LogP contribution in [-0.2, 0) is 20.7 Å². The Labute approximate surface area is 225 Å². The van der Waals surface area contributed by atoms with E-state index in [1.165, 1.54) is 31.0 Å². The van der Waals surface area contributed by atoms with Gasteiger partial charge in [0.05, 0.1) is 12.2 Å². The van der Waals surface area contributed by atoms with Crippen molar-refractivity contribution >= 4 is 34.1 Å². The zero-order chi connectivity index (χ0) is 29.5. The normalized spacial score (nSPS) is 15.7. The van der Waals surface area contributed by atoms with Gasteiger partial charge < -0.3 is 14.8 Å². The number of nitrogens with zero attached hydrogens (tertiary/aromatic N) is 1. The van der Waals surface area contributed by atoms with Gasteiger partial charge in [-0.1, -0.05) is 19.9 Å². The van der Waals surface area contributed by atoms with Crippen molar-refractivity contribution in [2.75, 3.05) is 25.1 Å². The van der Waals surface area contributed by atoms with E-state index < -0.39 is 37.1 Å². The molecule has 2 amide bonds. The molecule has 1 aliphatic carbocycles. The summed E-state index contributed by atoms with van der Waals surface area (Å²) >= 11 is 1.11. The quantitative estimate of drug-likeness (QED) is 0.136. The lowest BCUT2D eigenvalue weighted by molar-refractivity contribution is -0.303. The Morgan fingerprint density at radius 1 is 1.18 bits per heavy atom. The predicted molar refractivity (Wildman–Crippen MR) is 133 cm³/mol. The third-order valence-corrected chi connectivity index (χ3v) is 7.06. The maximum atomic E-state index is 12.8. The monoisotopic (exact) mass is 584 g/mol. The lowest BCUT2D eigenvalue weighted by atomic mass is 9.90. The van der Waals surface area contributed by atoms with E-state index in [2.05, 4.69) is 14.8 Å². The number of carbonyl (C=O) groups is 3. The second-order valence-electron chi connectivity index (χ2n) is 9.25. The van der Waals surface area contributed by atoms with Crippen molar-refractivity contribution in [3.05, 3.63) is 40.0 Å². The number of alkyl halides is 6. The Hall–Kier alpha value is -3.03. The van der Waals surface area contributed by atoms with Gasteiger partial charge >= 0.3 is 24.5 Å². The Kier molecular flexibility index (Phi) is 11.0. The molecular weight excluding hydrogens is 554 g/mol. The van der Waals surface area contributed by atoms with Crippen molar-refractivity contribution in [2.45, 2.75) is 64.9 Å². The first-order chi connectivity index (χ1) is 18.0. The SMILES string of the molecule is CC(=O)c1c(N(C)C(=O)NCCCOC(=O)C(F)(F)F)sc(C2C=C(OC(F)(F)F)C=CC2)c1CCC(C)C. The zero-order valence-corrected chi connectivity index (χ0v) is 22.6. The Bertz CT molecular complexity index is 1110. The highest BCUT2D eigenvalue weighted by molar-refractivity contribution is 7.17. The number of allylic oxidation sites excluding steroid dienone is 3. The molecule has 2 rings (SSSR count). The number of hydrogen-bond donors (Lipinski definition) is 1. The summed E-state index contributed by atoms with van der Waals surface area (Å²) in [6.45, 7) is 4.64. The summed E-state index contributed by atoms with van der Waals surface area (Å²) < 4.78 is 83.2. The van der Waals surface area contributed by atoms with Gasteiger partial charge in [0.1, 0.15) is 10.8 Å². The summed E-state index contributed by atoms with van der Waals surface area (Å²) in [6.07, 6.45) is -4.44. The predicted octanol–water partition coefficient (Wildman–Crippen LogP) is 6.64. The van der Waals surface area contributed by atoms with Gasteiger partial charge in [0.25, 0.3) is 0 Å². The highest BCUT2D eigenvalue weighted by Crippen LogP contribution is 2.44. The van der Waals surface area contributed by atoms with Gasteiger partial charge in [-0.15, -0.1) is 24.5 Å². The van der Waals surface area contributed by atoms with Gasteiger partial charge in [0.15, 0.2) is 5.78 Å². The molecule has 0 spiro atoms. The maximum absolute atomic E-state index is 12.8. The fourth-order valence-electron chi connectivity index (χ4n) is 3.81. The summed E-state index contributed by atoms with van der Waals surface area (Å²) in [7, 11) is 1.40. The highest BCUT2D eigenvalue weighted by atomic mass is 32.1. The Balaban J connectivity index is 2.29.